The fourth-order valence-electron chi connectivity index (χ4n) is 1.22. The Kier molecular flexibility index (Phi) is 4.67. The minimum absolute atomic E-state index is 0.0649. The van der Waals surface area contributed by atoms with E-state index < -0.39 is 13.9 Å². The molecule has 2 atom stereocenters. The van der Waals surface area contributed by atoms with E-state index in [4.69, 9.17) is 13.8 Å². The molecule has 0 spiro atoms. The molecule has 1 aliphatic heterocycles. The molecule has 6 heteroatoms. The molecule has 1 heterocycles. The summed E-state index contributed by atoms with van der Waals surface area (Å²) in [7, 11) is -3.62. The van der Waals surface area contributed by atoms with E-state index in [1.54, 1.807) is 13.8 Å². The summed E-state index contributed by atoms with van der Waals surface area (Å²) in [5.41, 5.74) is 0. The molecule has 1 saturated heterocycles. The van der Waals surface area contributed by atoms with Gasteiger partial charge in [0.1, 0.15) is 0 Å². The van der Waals surface area contributed by atoms with Crippen LogP contribution in [0.5, 0.6) is 0 Å². The number of alkyl halides is 1. The number of hydrogen-bond acceptors (Lipinski definition) is 4. The third kappa shape index (κ3) is 3.41. The van der Waals surface area contributed by atoms with Crippen molar-refractivity contribution >= 4 is 7.94 Å². The minimum atomic E-state index is -3.62. The third-order valence-corrected chi connectivity index (χ3v) is 4.40. The first-order valence-corrected chi connectivity index (χ1v) is 6.72. The molecule has 14 heavy (non-hydrogen) atoms. The molecule has 4 nitrogen and oxygen atoms in total. The Balaban J connectivity index is 2.44. The van der Waals surface area contributed by atoms with E-state index in [0.29, 0.717) is 6.61 Å². The standard InChI is InChI=1S/C8H18FO4P/c1-3-12-14(10,13-4-2)8(9)5-7-6-11-7/h7-8,10,14H,3-6H2,1-2H3/t7-,8?/m0/s1. The van der Waals surface area contributed by atoms with Crippen molar-refractivity contribution in [1.82, 2.24) is 0 Å². The van der Waals surface area contributed by atoms with Gasteiger partial charge in [0.15, 0.2) is 0 Å². The van der Waals surface area contributed by atoms with Crippen LogP contribution in [-0.4, -0.2) is 36.7 Å². The van der Waals surface area contributed by atoms with Gasteiger partial charge in [0, 0.05) is 0 Å². The van der Waals surface area contributed by atoms with E-state index >= 15 is 0 Å². The Morgan fingerprint density at radius 3 is 2.36 bits per heavy atom. The molecule has 0 amide bonds. The summed E-state index contributed by atoms with van der Waals surface area (Å²) in [6.45, 7) is 4.50. The van der Waals surface area contributed by atoms with Gasteiger partial charge < -0.3 is 0 Å². The van der Waals surface area contributed by atoms with Gasteiger partial charge in [-0.2, -0.15) is 0 Å². The second kappa shape index (κ2) is 5.33. The van der Waals surface area contributed by atoms with E-state index in [1.807, 2.05) is 0 Å². The Bertz CT molecular complexity index is 171. The summed E-state index contributed by atoms with van der Waals surface area (Å²) in [6, 6.07) is 0. The number of halogens is 1. The fraction of sp³-hybridized carbons (Fsp3) is 1.00. The van der Waals surface area contributed by atoms with Crippen molar-refractivity contribution in [3.8, 4) is 0 Å². The molecule has 0 saturated carbocycles. The first kappa shape index (κ1) is 12.3. The Hall–Kier alpha value is 0.200. The monoisotopic (exact) mass is 228 g/mol. The summed E-state index contributed by atoms with van der Waals surface area (Å²) < 4.78 is 28.5. The SMILES string of the molecule is CCO[PH](O)(OCC)C(F)C[C@H]1CO1. The van der Waals surface area contributed by atoms with E-state index in [1.165, 1.54) is 0 Å². The molecule has 0 aromatic carbocycles. The van der Waals surface area contributed by atoms with Crippen LogP contribution in [0.2, 0.25) is 0 Å². The van der Waals surface area contributed by atoms with Crippen LogP contribution in [0.3, 0.4) is 0 Å². The normalized spacial score (nSPS) is 24.7. The number of rotatable bonds is 7. The summed E-state index contributed by atoms with van der Waals surface area (Å²) in [6.07, 6.45) is 0.104. The van der Waals surface area contributed by atoms with Crippen LogP contribution < -0.4 is 0 Å². The summed E-state index contributed by atoms with van der Waals surface area (Å²) in [5.74, 6) is -1.44. The summed E-state index contributed by atoms with van der Waals surface area (Å²) >= 11 is 0. The average molecular weight is 228 g/mol. The molecule has 1 N–H and O–H groups in total. The summed E-state index contributed by atoms with van der Waals surface area (Å²) in [4.78, 5) is 9.82. The molecule has 1 unspecified atom stereocenters. The first-order valence-electron chi connectivity index (χ1n) is 4.88. The van der Waals surface area contributed by atoms with E-state index in [2.05, 4.69) is 0 Å². The quantitative estimate of drug-likeness (QED) is 0.531. The Morgan fingerprint density at radius 1 is 1.50 bits per heavy atom. The Labute approximate surface area is 83.9 Å². The van der Waals surface area contributed by atoms with Gasteiger partial charge >= 0.3 is 83.1 Å². The third-order valence-electron chi connectivity index (χ3n) is 1.97. The molecule has 1 rings (SSSR count). The average Bonchev–Trinajstić information content (AvgIpc) is 2.89. The zero-order chi connectivity index (χ0) is 10.6. The fourth-order valence-corrected chi connectivity index (χ4v) is 3.05. The van der Waals surface area contributed by atoms with Gasteiger partial charge in [-0.15, -0.1) is 0 Å². The van der Waals surface area contributed by atoms with Gasteiger partial charge in [0.05, 0.1) is 0 Å². The molecule has 0 aromatic rings. The van der Waals surface area contributed by atoms with Gasteiger partial charge in [0.2, 0.25) is 0 Å². The molecule has 0 aromatic heterocycles. The van der Waals surface area contributed by atoms with Crippen molar-refractivity contribution in [2.45, 2.75) is 32.3 Å². The van der Waals surface area contributed by atoms with Crippen molar-refractivity contribution in [3.05, 3.63) is 0 Å². The second-order valence-corrected chi connectivity index (χ2v) is 5.62. The molecule has 1 fully saturated rings. The van der Waals surface area contributed by atoms with Crippen molar-refractivity contribution in [2.75, 3.05) is 19.8 Å². The molecule has 0 aliphatic carbocycles. The van der Waals surface area contributed by atoms with Crippen LogP contribution in [-0.2, 0) is 13.8 Å². The maximum atomic E-state index is 13.6. The summed E-state index contributed by atoms with van der Waals surface area (Å²) in [5, 5.41) is 0. The van der Waals surface area contributed by atoms with Crippen LogP contribution >= 0.6 is 7.94 Å². The molecular weight excluding hydrogens is 210 g/mol. The number of hydrogen-bond donors (Lipinski definition) is 1. The van der Waals surface area contributed by atoms with Gasteiger partial charge in [0.25, 0.3) is 0 Å². The topological polar surface area (TPSA) is 51.2 Å². The van der Waals surface area contributed by atoms with Crippen LogP contribution in [0.15, 0.2) is 0 Å². The zero-order valence-electron chi connectivity index (χ0n) is 8.53. The van der Waals surface area contributed by atoms with Crippen molar-refractivity contribution < 1.29 is 23.1 Å². The van der Waals surface area contributed by atoms with Gasteiger partial charge in [-0.3, -0.25) is 0 Å². The predicted molar refractivity (Wildman–Crippen MR) is 53.0 cm³/mol. The van der Waals surface area contributed by atoms with Crippen molar-refractivity contribution in [3.63, 3.8) is 0 Å². The first-order chi connectivity index (χ1) is 6.62. The van der Waals surface area contributed by atoms with Gasteiger partial charge in [-0.1, -0.05) is 0 Å². The van der Waals surface area contributed by atoms with Crippen LogP contribution in [0.4, 0.5) is 4.39 Å². The van der Waals surface area contributed by atoms with Crippen molar-refractivity contribution in [2.24, 2.45) is 0 Å². The second-order valence-electron chi connectivity index (χ2n) is 3.16. The van der Waals surface area contributed by atoms with Crippen molar-refractivity contribution in [1.29, 1.82) is 0 Å². The van der Waals surface area contributed by atoms with E-state index in [-0.39, 0.29) is 25.7 Å². The Morgan fingerprint density at radius 2 is 2.00 bits per heavy atom. The number of epoxide rings is 1. The van der Waals surface area contributed by atoms with Gasteiger partial charge in [-0.25, -0.2) is 0 Å². The number of ether oxygens (including phenoxy) is 1. The van der Waals surface area contributed by atoms with Crippen LogP contribution in [0, 0.1) is 0 Å². The molecule has 0 bridgehead atoms. The van der Waals surface area contributed by atoms with E-state index in [0.717, 1.165) is 0 Å². The van der Waals surface area contributed by atoms with Gasteiger partial charge in [-0.05, 0) is 0 Å². The maximum absolute atomic E-state index is 13.6. The van der Waals surface area contributed by atoms with Crippen LogP contribution in [0.25, 0.3) is 0 Å². The molecular formula is C8H18FO4P. The molecule has 0 radical (unpaired) electrons. The molecule has 1 aliphatic rings. The zero-order valence-corrected chi connectivity index (χ0v) is 9.53. The predicted octanol–water partition coefficient (Wildman–Crippen LogP) is 1.63. The van der Waals surface area contributed by atoms with E-state index in [9.17, 15) is 9.28 Å². The van der Waals surface area contributed by atoms with Crippen LogP contribution in [0.1, 0.15) is 20.3 Å². The molecule has 86 valence electrons.